The molecule has 0 radical (unpaired) electrons. The van der Waals surface area contributed by atoms with Crippen LogP contribution in [0.1, 0.15) is 119 Å². The molecule has 0 saturated heterocycles. The molecule has 284 valence electrons. The quantitative estimate of drug-likeness (QED) is 0.0293. The fourth-order valence-corrected chi connectivity index (χ4v) is 5.94. The number of hydrogen-bond donors (Lipinski definition) is 3. The average Bonchev–Trinajstić information content (AvgIpc) is 3.59. The van der Waals surface area contributed by atoms with E-state index in [0.29, 0.717) is 41.4 Å². The normalized spacial score (nSPS) is 11.4. The first-order valence-electron chi connectivity index (χ1n) is 19.1. The highest BCUT2D eigenvalue weighted by Gasteiger charge is 2.21. The SMILES string of the molecule is CCCCCCCCCCCCCCOC(=O)/N=C(\N)c1ccc(NCc2nc3cc(C(=O)N(CCC(=O)OCC)c4ccccn4)ccc3[nH]2)cc1. The highest BCUT2D eigenvalue weighted by atomic mass is 16.5. The summed E-state index contributed by atoms with van der Waals surface area (Å²) in [5.74, 6) is 0.537. The van der Waals surface area contributed by atoms with Gasteiger partial charge in [0.15, 0.2) is 0 Å². The van der Waals surface area contributed by atoms with E-state index >= 15 is 0 Å². The van der Waals surface area contributed by atoms with Crippen LogP contribution in [-0.4, -0.2) is 58.5 Å². The molecule has 0 saturated carbocycles. The summed E-state index contributed by atoms with van der Waals surface area (Å²) in [5, 5.41) is 3.32. The van der Waals surface area contributed by atoms with Crippen molar-refractivity contribution in [3.05, 3.63) is 83.8 Å². The second-order valence-electron chi connectivity index (χ2n) is 13.0. The van der Waals surface area contributed by atoms with Crippen LogP contribution in [0.4, 0.5) is 16.3 Å². The molecule has 0 aliphatic rings. The van der Waals surface area contributed by atoms with Crippen molar-refractivity contribution in [1.29, 1.82) is 0 Å². The zero-order valence-corrected chi connectivity index (χ0v) is 31.3. The third kappa shape index (κ3) is 14.0. The Morgan fingerprint density at radius 1 is 0.830 bits per heavy atom. The number of ether oxygens (including phenoxy) is 2. The smallest absolute Gasteiger partial charge is 0.435 e. The van der Waals surface area contributed by atoms with Gasteiger partial charge in [-0.15, -0.1) is 0 Å². The van der Waals surface area contributed by atoms with E-state index < -0.39 is 6.09 Å². The van der Waals surface area contributed by atoms with Crippen LogP contribution in [0.2, 0.25) is 0 Å². The number of amidine groups is 1. The van der Waals surface area contributed by atoms with E-state index in [4.69, 9.17) is 15.2 Å². The highest BCUT2D eigenvalue weighted by Crippen LogP contribution is 2.20. The molecular formula is C41H55N7O5. The Bertz CT molecular complexity index is 1740. The predicted octanol–water partition coefficient (Wildman–Crippen LogP) is 8.71. The molecule has 0 fully saturated rings. The van der Waals surface area contributed by atoms with E-state index in [0.717, 1.165) is 30.5 Å². The van der Waals surface area contributed by atoms with Crippen molar-refractivity contribution in [3.63, 3.8) is 0 Å². The van der Waals surface area contributed by atoms with Crippen molar-refractivity contribution in [2.24, 2.45) is 10.7 Å². The van der Waals surface area contributed by atoms with E-state index in [1.807, 2.05) is 18.2 Å². The number of nitrogens with two attached hydrogens (primary N) is 1. The molecule has 0 spiro atoms. The molecule has 53 heavy (non-hydrogen) atoms. The number of hydrogen-bond acceptors (Lipinski definition) is 8. The zero-order valence-electron chi connectivity index (χ0n) is 31.3. The molecule has 4 aromatic rings. The second kappa shape index (κ2) is 22.6. The van der Waals surface area contributed by atoms with Crippen LogP contribution in [0.25, 0.3) is 11.0 Å². The Balaban J connectivity index is 1.20. The van der Waals surface area contributed by atoms with Gasteiger partial charge in [-0.1, -0.05) is 83.6 Å². The third-order valence-electron chi connectivity index (χ3n) is 8.87. The van der Waals surface area contributed by atoms with E-state index in [9.17, 15) is 14.4 Å². The van der Waals surface area contributed by atoms with Crippen LogP contribution in [0.3, 0.4) is 0 Å². The minimum atomic E-state index is -0.677. The van der Waals surface area contributed by atoms with E-state index in [1.165, 1.54) is 62.7 Å². The summed E-state index contributed by atoms with van der Waals surface area (Å²) in [7, 11) is 0. The van der Waals surface area contributed by atoms with Gasteiger partial charge in [0, 0.05) is 29.6 Å². The molecule has 0 aliphatic heterocycles. The molecule has 12 nitrogen and oxygen atoms in total. The van der Waals surface area contributed by atoms with Crippen molar-refractivity contribution < 1.29 is 23.9 Å². The topological polar surface area (TPSA) is 165 Å². The molecule has 0 unspecified atom stereocenters. The average molecular weight is 726 g/mol. The number of fused-ring (bicyclic) bond motifs is 1. The molecule has 2 amide bonds. The Morgan fingerprint density at radius 3 is 2.17 bits per heavy atom. The summed E-state index contributed by atoms with van der Waals surface area (Å²) in [4.78, 5) is 55.5. The van der Waals surface area contributed by atoms with Gasteiger partial charge in [0.2, 0.25) is 0 Å². The maximum Gasteiger partial charge on any atom is 0.435 e. The largest absolute Gasteiger partial charge is 0.466 e. The fourth-order valence-electron chi connectivity index (χ4n) is 5.94. The van der Waals surface area contributed by atoms with Crippen LogP contribution in [0, 0.1) is 0 Å². The van der Waals surface area contributed by atoms with Gasteiger partial charge < -0.3 is 25.5 Å². The number of imidazole rings is 1. The van der Waals surface area contributed by atoms with Gasteiger partial charge >= 0.3 is 12.1 Å². The van der Waals surface area contributed by atoms with Gasteiger partial charge in [-0.05, 0) is 67.9 Å². The summed E-state index contributed by atoms with van der Waals surface area (Å²) in [6.07, 6.45) is 15.9. The lowest BCUT2D eigenvalue weighted by molar-refractivity contribution is -0.142. The number of esters is 1. The second-order valence-corrected chi connectivity index (χ2v) is 13.0. The monoisotopic (exact) mass is 725 g/mol. The summed E-state index contributed by atoms with van der Waals surface area (Å²) < 4.78 is 10.3. The molecule has 0 bridgehead atoms. The van der Waals surface area contributed by atoms with Gasteiger partial charge in [0.25, 0.3) is 5.91 Å². The lowest BCUT2D eigenvalue weighted by Crippen LogP contribution is -2.34. The summed E-state index contributed by atoms with van der Waals surface area (Å²) in [6, 6.07) is 17.8. The lowest BCUT2D eigenvalue weighted by atomic mass is 10.1. The van der Waals surface area contributed by atoms with Crippen LogP contribution < -0.4 is 16.0 Å². The first kappa shape index (κ1) is 40.5. The minimum Gasteiger partial charge on any atom is -0.466 e. The van der Waals surface area contributed by atoms with Crippen molar-refractivity contribution >= 4 is 46.3 Å². The van der Waals surface area contributed by atoms with E-state index in [-0.39, 0.29) is 37.3 Å². The minimum absolute atomic E-state index is 0.0447. The number of aromatic nitrogens is 3. The van der Waals surface area contributed by atoms with Crippen molar-refractivity contribution in [1.82, 2.24) is 15.0 Å². The van der Waals surface area contributed by atoms with Crippen LogP contribution in [-0.2, 0) is 20.8 Å². The summed E-state index contributed by atoms with van der Waals surface area (Å²) in [5.41, 5.74) is 9.34. The number of nitrogens with zero attached hydrogens (tertiary/aromatic N) is 4. The molecule has 2 aromatic carbocycles. The van der Waals surface area contributed by atoms with Gasteiger partial charge in [-0.25, -0.2) is 14.8 Å². The Hall–Kier alpha value is -5.26. The zero-order chi connectivity index (χ0) is 37.7. The van der Waals surface area contributed by atoms with Crippen LogP contribution in [0.5, 0.6) is 0 Å². The molecule has 4 rings (SSSR count). The number of nitrogens with one attached hydrogen (secondary N) is 2. The third-order valence-corrected chi connectivity index (χ3v) is 8.87. The summed E-state index contributed by atoms with van der Waals surface area (Å²) >= 11 is 0. The Morgan fingerprint density at radius 2 is 1.51 bits per heavy atom. The van der Waals surface area contributed by atoms with Gasteiger partial charge in [-0.3, -0.25) is 14.5 Å². The summed E-state index contributed by atoms with van der Waals surface area (Å²) in [6.45, 7) is 5.13. The highest BCUT2D eigenvalue weighted by molar-refractivity contribution is 6.07. The van der Waals surface area contributed by atoms with Crippen molar-refractivity contribution in [2.45, 2.75) is 104 Å². The molecule has 4 N–H and O–H groups in total. The number of unbranched alkanes of at least 4 members (excludes halogenated alkanes) is 11. The number of amides is 2. The fraction of sp³-hybridized carbons (Fsp3) is 0.463. The number of carbonyl (C=O) groups is 3. The molecule has 2 heterocycles. The first-order valence-corrected chi connectivity index (χ1v) is 19.1. The maximum atomic E-state index is 13.6. The molecule has 12 heteroatoms. The van der Waals surface area contributed by atoms with Crippen molar-refractivity contribution in [2.75, 3.05) is 30.0 Å². The number of H-pyrrole nitrogens is 1. The standard InChI is InChI=1S/C41H55N7O5/c1-3-5-6-7-8-9-10-11-12-13-14-17-28-53-41(51)47-39(42)31-19-22-33(23-20-31)44-30-36-45-34-24-21-32(29-35(34)46-36)40(50)48(27-25-38(49)52-4-2)37-18-15-16-26-43-37/h15-16,18-24,26,29,44H,3-14,17,25,27-28,30H2,1-2H3,(H,45,46)(H2,42,47,51). The van der Waals surface area contributed by atoms with Gasteiger partial charge in [0.1, 0.15) is 17.5 Å². The molecule has 0 atom stereocenters. The number of aliphatic imine (C=N–C) groups is 1. The molecular weight excluding hydrogens is 670 g/mol. The van der Waals surface area contributed by atoms with Gasteiger partial charge in [-0.2, -0.15) is 4.99 Å². The van der Waals surface area contributed by atoms with Gasteiger partial charge in [0.05, 0.1) is 37.2 Å². The number of rotatable bonds is 23. The Labute approximate surface area is 313 Å². The van der Waals surface area contributed by atoms with Crippen molar-refractivity contribution in [3.8, 4) is 0 Å². The number of pyridine rings is 1. The first-order chi connectivity index (χ1) is 25.9. The lowest BCUT2D eigenvalue weighted by Gasteiger charge is -2.21. The number of carbonyl (C=O) groups excluding carboxylic acids is 3. The van der Waals surface area contributed by atoms with Crippen LogP contribution >= 0.6 is 0 Å². The predicted molar refractivity (Wildman–Crippen MR) is 210 cm³/mol. The molecule has 0 aliphatic carbocycles. The Kier molecular flexibility index (Phi) is 17.3. The number of anilines is 2. The molecule has 2 aromatic heterocycles. The van der Waals surface area contributed by atoms with E-state index in [2.05, 4.69) is 32.2 Å². The number of benzene rings is 2. The van der Waals surface area contributed by atoms with E-state index in [1.54, 1.807) is 55.6 Å². The number of aromatic amines is 1. The van der Waals surface area contributed by atoms with Crippen LogP contribution in [0.15, 0.2) is 71.9 Å². The maximum absolute atomic E-state index is 13.6.